The van der Waals surface area contributed by atoms with Gasteiger partial charge in [0.05, 0.1) is 21.8 Å². The fourth-order valence-corrected chi connectivity index (χ4v) is 6.19. The van der Waals surface area contributed by atoms with Gasteiger partial charge in [0.15, 0.2) is 17.2 Å². The summed E-state index contributed by atoms with van der Waals surface area (Å²) in [7, 11) is 0. The van der Waals surface area contributed by atoms with Gasteiger partial charge in [-0.2, -0.15) is 0 Å². The summed E-state index contributed by atoms with van der Waals surface area (Å²) in [5, 5.41) is 23.7. The van der Waals surface area contributed by atoms with Gasteiger partial charge >= 0.3 is 0 Å². The summed E-state index contributed by atoms with van der Waals surface area (Å²) >= 11 is 6.56. The monoisotopic (exact) mass is 614 g/mol. The lowest BCUT2D eigenvalue weighted by atomic mass is 9.82. The van der Waals surface area contributed by atoms with Crippen molar-refractivity contribution in [2.24, 2.45) is 5.73 Å². The Hall–Kier alpha value is -3.24. The Balaban J connectivity index is 1.60. The molecule has 7 nitrogen and oxygen atoms in total. The number of benzene rings is 3. The van der Waals surface area contributed by atoms with E-state index in [1.54, 1.807) is 0 Å². The molecule has 1 atom stereocenters. The van der Waals surface area contributed by atoms with Gasteiger partial charge in [-0.05, 0) is 64.2 Å². The normalized spacial score (nSPS) is 23.5. The fraction of sp³-hybridized carbons (Fsp3) is 0.424. The van der Waals surface area contributed by atoms with Crippen LogP contribution in [0, 0.1) is 11.6 Å². The summed E-state index contributed by atoms with van der Waals surface area (Å²) in [4.78, 5) is 12.5. The predicted molar refractivity (Wildman–Crippen MR) is 160 cm³/mol. The SMILES string of the molecule is CC(C)(O)COc1ccc(C(N)=O)c(-c2c(Cl)c(F)cc3c2C[C@@](CN[C@H]2CC[C@](C)(O)CC2)(c2ccccc2)O3)c1F. The van der Waals surface area contributed by atoms with E-state index in [0.717, 1.165) is 18.4 Å². The van der Waals surface area contributed by atoms with Gasteiger partial charge in [0.25, 0.3) is 0 Å². The molecular formula is C33H37ClF2N2O5. The summed E-state index contributed by atoms with van der Waals surface area (Å²) in [5.41, 5.74) is 3.40. The van der Waals surface area contributed by atoms with E-state index >= 15 is 8.78 Å². The number of hydrogen-bond acceptors (Lipinski definition) is 6. The molecule has 0 saturated heterocycles. The number of aliphatic hydroxyl groups is 2. The zero-order chi connectivity index (χ0) is 31.2. The highest BCUT2D eigenvalue weighted by atomic mass is 35.5. The number of primary amides is 1. The Labute approximate surface area is 255 Å². The number of rotatable bonds is 9. The second-order valence-electron chi connectivity index (χ2n) is 12.6. The highest BCUT2D eigenvalue weighted by molar-refractivity contribution is 6.34. The van der Waals surface area contributed by atoms with Crippen LogP contribution in [0.15, 0.2) is 48.5 Å². The largest absolute Gasteiger partial charge is 0.488 e. The van der Waals surface area contributed by atoms with Crippen LogP contribution in [0.5, 0.6) is 11.5 Å². The minimum atomic E-state index is -1.27. The Morgan fingerprint density at radius 1 is 1.16 bits per heavy atom. The zero-order valence-electron chi connectivity index (χ0n) is 24.5. The fourth-order valence-electron chi connectivity index (χ4n) is 5.93. The molecule has 5 rings (SSSR count). The third kappa shape index (κ3) is 6.50. The van der Waals surface area contributed by atoms with E-state index in [1.165, 1.54) is 32.0 Å². The molecule has 1 amide bonds. The van der Waals surface area contributed by atoms with Gasteiger partial charge in [-0.25, -0.2) is 8.78 Å². The van der Waals surface area contributed by atoms with Crippen LogP contribution in [-0.2, 0) is 12.0 Å². The molecule has 0 radical (unpaired) electrons. The van der Waals surface area contributed by atoms with Crippen LogP contribution in [0.4, 0.5) is 8.78 Å². The van der Waals surface area contributed by atoms with Crippen molar-refractivity contribution in [2.45, 2.75) is 75.7 Å². The maximum atomic E-state index is 16.2. The summed E-state index contributed by atoms with van der Waals surface area (Å²) in [6.45, 7) is 4.96. The number of amides is 1. The molecule has 2 aliphatic rings. The van der Waals surface area contributed by atoms with Gasteiger partial charge in [-0.3, -0.25) is 4.79 Å². The van der Waals surface area contributed by atoms with Gasteiger partial charge in [0, 0.05) is 41.8 Å². The van der Waals surface area contributed by atoms with E-state index in [1.807, 2.05) is 37.3 Å². The van der Waals surface area contributed by atoms with E-state index in [-0.39, 0.29) is 52.3 Å². The van der Waals surface area contributed by atoms with Gasteiger partial charge in [0.1, 0.15) is 18.2 Å². The number of nitrogens with one attached hydrogen (secondary N) is 1. The second-order valence-corrected chi connectivity index (χ2v) is 13.0. The maximum absolute atomic E-state index is 16.2. The molecule has 43 heavy (non-hydrogen) atoms. The van der Waals surface area contributed by atoms with Gasteiger partial charge in [0.2, 0.25) is 5.91 Å². The number of halogens is 3. The maximum Gasteiger partial charge on any atom is 0.249 e. The number of carbonyl (C=O) groups excluding carboxylic acids is 1. The van der Waals surface area contributed by atoms with Crippen LogP contribution in [0.1, 0.15) is 67.9 Å². The number of nitrogens with two attached hydrogens (primary N) is 1. The molecule has 1 aliphatic heterocycles. The summed E-state index contributed by atoms with van der Waals surface area (Å²) in [5.74, 6) is -2.81. The van der Waals surface area contributed by atoms with Crippen LogP contribution in [0.3, 0.4) is 0 Å². The van der Waals surface area contributed by atoms with E-state index in [9.17, 15) is 15.0 Å². The standard InChI is InChI=1S/C33H37ClF2N2O5/c1-31(2,40)18-42-24-10-9-21(30(37)39)27(29(24)36)26-22-16-33(19-7-5-4-6-8-19,43-25(22)15-23(35)28(26)34)17-38-20-11-13-32(3,41)14-12-20/h4-10,15,20,38,40-41H,11-14,16-18H2,1-3H3,(H2,37,39)/t20-,32-,33-/m1/s1. The van der Waals surface area contributed by atoms with Gasteiger partial charge in [-0.1, -0.05) is 41.9 Å². The Morgan fingerprint density at radius 2 is 1.84 bits per heavy atom. The van der Waals surface area contributed by atoms with E-state index in [4.69, 9.17) is 26.8 Å². The predicted octanol–water partition coefficient (Wildman–Crippen LogP) is 5.65. The minimum absolute atomic E-state index is 0.0387. The average molecular weight is 615 g/mol. The molecule has 10 heteroatoms. The molecule has 230 valence electrons. The summed E-state index contributed by atoms with van der Waals surface area (Å²) in [6.07, 6.45) is 3.07. The van der Waals surface area contributed by atoms with Crippen molar-refractivity contribution < 1.29 is 33.3 Å². The first kappa shape index (κ1) is 31.2. The lowest BCUT2D eigenvalue weighted by Crippen LogP contribution is -2.48. The molecule has 1 aliphatic carbocycles. The molecule has 0 aromatic heterocycles. The quantitative estimate of drug-likeness (QED) is 0.248. The van der Waals surface area contributed by atoms with Crippen molar-refractivity contribution in [1.29, 1.82) is 0 Å². The Kier molecular flexibility index (Phi) is 8.48. The number of hydrogen-bond donors (Lipinski definition) is 4. The molecule has 0 bridgehead atoms. The smallest absolute Gasteiger partial charge is 0.249 e. The van der Waals surface area contributed by atoms with Gasteiger partial charge in [-0.15, -0.1) is 0 Å². The average Bonchev–Trinajstić information content (AvgIpc) is 3.31. The number of carbonyl (C=O) groups is 1. The molecule has 1 heterocycles. The van der Waals surface area contributed by atoms with Crippen LogP contribution < -0.4 is 20.5 Å². The molecule has 1 saturated carbocycles. The zero-order valence-corrected chi connectivity index (χ0v) is 25.2. The van der Waals surface area contributed by atoms with E-state index < -0.39 is 34.3 Å². The lowest BCUT2D eigenvalue weighted by Gasteiger charge is -2.36. The first-order valence-corrected chi connectivity index (χ1v) is 14.8. The molecule has 3 aromatic carbocycles. The van der Waals surface area contributed by atoms with Crippen LogP contribution in [-0.4, -0.2) is 46.5 Å². The lowest BCUT2D eigenvalue weighted by molar-refractivity contribution is 0.0104. The highest BCUT2D eigenvalue weighted by Gasteiger charge is 2.45. The molecule has 5 N–H and O–H groups in total. The molecular weight excluding hydrogens is 578 g/mol. The topological polar surface area (TPSA) is 114 Å². The first-order chi connectivity index (χ1) is 20.2. The van der Waals surface area contributed by atoms with Crippen molar-refractivity contribution in [1.82, 2.24) is 5.32 Å². The summed E-state index contributed by atoms with van der Waals surface area (Å²) in [6, 6.07) is 13.3. The third-order valence-corrected chi connectivity index (χ3v) is 8.67. The van der Waals surface area contributed by atoms with Crippen molar-refractivity contribution in [2.75, 3.05) is 13.2 Å². The van der Waals surface area contributed by atoms with Crippen molar-refractivity contribution in [3.63, 3.8) is 0 Å². The van der Waals surface area contributed by atoms with Crippen LogP contribution in [0.2, 0.25) is 5.02 Å². The second kappa shape index (κ2) is 11.7. The van der Waals surface area contributed by atoms with E-state index in [2.05, 4.69) is 5.32 Å². The molecule has 3 aromatic rings. The van der Waals surface area contributed by atoms with E-state index in [0.29, 0.717) is 24.9 Å². The van der Waals surface area contributed by atoms with Crippen LogP contribution in [0.25, 0.3) is 11.1 Å². The number of fused-ring (bicyclic) bond motifs is 1. The number of ether oxygens (including phenoxy) is 2. The highest BCUT2D eigenvalue weighted by Crippen LogP contribution is 2.50. The Bertz CT molecular complexity index is 1520. The first-order valence-electron chi connectivity index (χ1n) is 14.4. The summed E-state index contributed by atoms with van der Waals surface area (Å²) < 4.78 is 43.8. The van der Waals surface area contributed by atoms with Crippen molar-refractivity contribution in [3.8, 4) is 22.6 Å². The van der Waals surface area contributed by atoms with Crippen molar-refractivity contribution >= 4 is 17.5 Å². The minimum Gasteiger partial charge on any atom is -0.488 e. The Morgan fingerprint density at radius 3 is 2.47 bits per heavy atom. The van der Waals surface area contributed by atoms with Gasteiger partial charge < -0.3 is 30.7 Å². The third-order valence-electron chi connectivity index (χ3n) is 8.30. The molecule has 0 unspecified atom stereocenters. The van der Waals surface area contributed by atoms with Crippen molar-refractivity contribution in [3.05, 3.63) is 81.9 Å². The molecule has 1 fully saturated rings. The van der Waals surface area contributed by atoms with Crippen LogP contribution >= 0.6 is 11.6 Å². The molecule has 0 spiro atoms.